The van der Waals surface area contributed by atoms with Crippen molar-refractivity contribution in [3.05, 3.63) is 59.9 Å². The molecule has 0 atom stereocenters. The quantitative estimate of drug-likeness (QED) is 0.684. The Morgan fingerprint density at radius 3 is 2.25 bits per heavy atom. The first-order chi connectivity index (χ1) is 7.68. The highest BCUT2D eigenvalue weighted by Crippen LogP contribution is 2.29. The van der Waals surface area contributed by atoms with Crippen molar-refractivity contribution in [2.75, 3.05) is 0 Å². The van der Waals surface area contributed by atoms with Crippen LogP contribution in [0.25, 0.3) is 11.1 Å². The van der Waals surface area contributed by atoms with Crippen LogP contribution in [0.2, 0.25) is 0 Å². The van der Waals surface area contributed by atoms with E-state index in [1.165, 1.54) is 6.07 Å². The molecule has 82 valence electrons. The average Bonchev–Trinajstić information content (AvgIpc) is 2.30. The molecule has 2 aromatic rings. The van der Waals surface area contributed by atoms with Crippen molar-refractivity contribution in [1.82, 2.24) is 0 Å². The van der Waals surface area contributed by atoms with Crippen molar-refractivity contribution in [3.8, 4) is 11.1 Å². The minimum atomic E-state index is -0.164. The predicted octanol–water partition coefficient (Wildman–Crippen LogP) is 4.62. The Labute approximate surface area is 95.7 Å². The summed E-state index contributed by atoms with van der Waals surface area (Å²) in [5.74, 6) is 0.161. The fourth-order valence-corrected chi connectivity index (χ4v) is 1.89. The molecule has 0 aromatic heterocycles. The lowest BCUT2D eigenvalue weighted by molar-refractivity contribution is 0.623. The van der Waals surface area contributed by atoms with E-state index in [0.29, 0.717) is 5.92 Å². The maximum absolute atomic E-state index is 13.2. The summed E-state index contributed by atoms with van der Waals surface area (Å²) in [6.07, 6.45) is 0. The summed E-state index contributed by atoms with van der Waals surface area (Å²) in [6, 6.07) is 15.1. The topological polar surface area (TPSA) is 0 Å². The van der Waals surface area contributed by atoms with E-state index >= 15 is 0 Å². The predicted molar refractivity (Wildman–Crippen MR) is 65.9 cm³/mol. The molecule has 0 nitrogen and oxygen atoms in total. The van der Waals surface area contributed by atoms with Crippen LogP contribution < -0.4 is 0 Å². The van der Waals surface area contributed by atoms with Crippen LogP contribution in [0.5, 0.6) is 0 Å². The average molecular weight is 214 g/mol. The van der Waals surface area contributed by atoms with Gasteiger partial charge in [0.05, 0.1) is 0 Å². The molecule has 0 radical (unpaired) electrons. The number of hydrogen-bond donors (Lipinski definition) is 0. The second kappa shape index (κ2) is 4.48. The van der Waals surface area contributed by atoms with Gasteiger partial charge in [0.2, 0.25) is 0 Å². The first-order valence-corrected chi connectivity index (χ1v) is 5.53. The lowest BCUT2D eigenvalue weighted by Crippen LogP contribution is -1.93. The van der Waals surface area contributed by atoms with Gasteiger partial charge in [-0.15, -0.1) is 0 Å². The molecule has 0 amide bonds. The molecule has 0 spiro atoms. The zero-order valence-corrected chi connectivity index (χ0v) is 9.57. The molecule has 2 rings (SSSR count). The standard InChI is InChI=1S/C15H15F/c1-11(2)15-10-13(16)8-9-14(15)12-6-4-3-5-7-12/h3-11H,1-2H3. The summed E-state index contributed by atoms with van der Waals surface area (Å²) in [5, 5.41) is 0. The molecule has 0 saturated heterocycles. The lowest BCUT2D eigenvalue weighted by atomic mass is 9.92. The minimum Gasteiger partial charge on any atom is -0.207 e. The molecule has 2 aromatic carbocycles. The van der Waals surface area contributed by atoms with Crippen LogP contribution in [0.15, 0.2) is 48.5 Å². The van der Waals surface area contributed by atoms with Crippen LogP contribution in [0, 0.1) is 5.82 Å². The lowest BCUT2D eigenvalue weighted by Gasteiger charge is -2.13. The van der Waals surface area contributed by atoms with E-state index in [1.54, 1.807) is 6.07 Å². The van der Waals surface area contributed by atoms with Gasteiger partial charge in [-0.05, 0) is 34.7 Å². The van der Waals surface area contributed by atoms with Gasteiger partial charge >= 0.3 is 0 Å². The Morgan fingerprint density at radius 2 is 1.62 bits per heavy atom. The second-order valence-corrected chi connectivity index (χ2v) is 4.25. The summed E-state index contributed by atoms with van der Waals surface area (Å²) in [6.45, 7) is 4.17. The highest BCUT2D eigenvalue weighted by atomic mass is 19.1. The maximum atomic E-state index is 13.2. The maximum Gasteiger partial charge on any atom is 0.123 e. The van der Waals surface area contributed by atoms with Crippen LogP contribution in [0.1, 0.15) is 25.3 Å². The van der Waals surface area contributed by atoms with Gasteiger partial charge in [-0.25, -0.2) is 4.39 Å². The van der Waals surface area contributed by atoms with E-state index < -0.39 is 0 Å². The van der Waals surface area contributed by atoms with Gasteiger partial charge in [0, 0.05) is 0 Å². The van der Waals surface area contributed by atoms with Crippen molar-refractivity contribution in [1.29, 1.82) is 0 Å². The van der Waals surface area contributed by atoms with E-state index in [9.17, 15) is 4.39 Å². The van der Waals surface area contributed by atoms with E-state index in [1.807, 2.05) is 24.3 Å². The molecule has 0 aliphatic rings. The van der Waals surface area contributed by atoms with Crippen molar-refractivity contribution in [2.45, 2.75) is 19.8 Å². The van der Waals surface area contributed by atoms with E-state index in [2.05, 4.69) is 26.0 Å². The smallest absolute Gasteiger partial charge is 0.123 e. The zero-order valence-electron chi connectivity index (χ0n) is 9.57. The first kappa shape index (κ1) is 10.9. The summed E-state index contributed by atoms with van der Waals surface area (Å²) in [4.78, 5) is 0. The molecule has 0 fully saturated rings. The largest absolute Gasteiger partial charge is 0.207 e. The third kappa shape index (κ3) is 2.13. The third-order valence-corrected chi connectivity index (χ3v) is 2.72. The normalized spacial score (nSPS) is 10.8. The van der Waals surface area contributed by atoms with Crippen LogP contribution in [-0.4, -0.2) is 0 Å². The van der Waals surface area contributed by atoms with Crippen molar-refractivity contribution in [3.63, 3.8) is 0 Å². The number of hydrogen-bond acceptors (Lipinski definition) is 0. The molecule has 0 aliphatic carbocycles. The highest BCUT2D eigenvalue weighted by Gasteiger charge is 2.09. The molecular weight excluding hydrogens is 199 g/mol. The highest BCUT2D eigenvalue weighted by molar-refractivity contribution is 5.67. The fraction of sp³-hybridized carbons (Fsp3) is 0.200. The van der Waals surface area contributed by atoms with Gasteiger partial charge < -0.3 is 0 Å². The van der Waals surface area contributed by atoms with Crippen molar-refractivity contribution < 1.29 is 4.39 Å². The van der Waals surface area contributed by atoms with Crippen LogP contribution >= 0.6 is 0 Å². The zero-order chi connectivity index (χ0) is 11.5. The van der Waals surface area contributed by atoms with E-state index in [-0.39, 0.29) is 5.82 Å². The SMILES string of the molecule is CC(C)c1cc(F)ccc1-c1ccccc1. The summed E-state index contributed by atoms with van der Waals surface area (Å²) in [5.41, 5.74) is 3.33. The number of benzene rings is 2. The molecule has 0 unspecified atom stereocenters. The second-order valence-electron chi connectivity index (χ2n) is 4.25. The molecule has 1 heteroatoms. The fourth-order valence-electron chi connectivity index (χ4n) is 1.89. The Balaban J connectivity index is 2.57. The molecule has 16 heavy (non-hydrogen) atoms. The van der Waals surface area contributed by atoms with Crippen molar-refractivity contribution in [2.24, 2.45) is 0 Å². The molecule has 0 aliphatic heterocycles. The van der Waals surface area contributed by atoms with Gasteiger partial charge in [-0.3, -0.25) is 0 Å². The molecule has 0 N–H and O–H groups in total. The van der Waals surface area contributed by atoms with E-state index in [0.717, 1.165) is 16.7 Å². The van der Waals surface area contributed by atoms with Crippen LogP contribution in [-0.2, 0) is 0 Å². The van der Waals surface area contributed by atoms with Crippen LogP contribution in [0.4, 0.5) is 4.39 Å². The monoisotopic (exact) mass is 214 g/mol. The van der Waals surface area contributed by atoms with Gasteiger partial charge in [-0.2, -0.15) is 0 Å². The van der Waals surface area contributed by atoms with E-state index in [4.69, 9.17) is 0 Å². The molecular formula is C15H15F. The van der Waals surface area contributed by atoms with Gasteiger partial charge in [0.15, 0.2) is 0 Å². The summed E-state index contributed by atoms with van der Waals surface area (Å²) < 4.78 is 13.2. The molecule has 0 bridgehead atoms. The third-order valence-electron chi connectivity index (χ3n) is 2.72. The van der Waals surface area contributed by atoms with Gasteiger partial charge in [0.1, 0.15) is 5.82 Å². The first-order valence-electron chi connectivity index (χ1n) is 5.53. The van der Waals surface area contributed by atoms with Gasteiger partial charge in [0.25, 0.3) is 0 Å². The number of halogens is 1. The minimum absolute atomic E-state index is 0.164. The summed E-state index contributed by atoms with van der Waals surface area (Å²) in [7, 11) is 0. The number of rotatable bonds is 2. The molecule has 0 heterocycles. The Kier molecular flexibility index (Phi) is 3.04. The van der Waals surface area contributed by atoms with Crippen molar-refractivity contribution >= 4 is 0 Å². The Bertz CT molecular complexity index is 472. The van der Waals surface area contributed by atoms with Gasteiger partial charge in [-0.1, -0.05) is 50.2 Å². The molecule has 0 saturated carbocycles. The Morgan fingerprint density at radius 1 is 0.938 bits per heavy atom. The van der Waals surface area contributed by atoms with Crippen LogP contribution in [0.3, 0.4) is 0 Å². The Hall–Kier alpha value is -1.63. The summed E-state index contributed by atoms with van der Waals surface area (Å²) >= 11 is 0.